The Morgan fingerprint density at radius 2 is 1.96 bits per heavy atom. The first-order valence-corrected chi connectivity index (χ1v) is 7.23. The van der Waals surface area contributed by atoms with Gasteiger partial charge in [0.05, 0.1) is 11.1 Å². The van der Waals surface area contributed by atoms with Gasteiger partial charge in [0.2, 0.25) is 5.91 Å². The van der Waals surface area contributed by atoms with Crippen molar-refractivity contribution in [2.75, 3.05) is 0 Å². The zero-order valence-electron chi connectivity index (χ0n) is 12.4. The van der Waals surface area contributed by atoms with Gasteiger partial charge in [-0.2, -0.15) is 0 Å². The fourth-order valence-corrected chi connectivity index (χ4v) is 2.76. The van der Waals surface area contributed by atoms with Crippen molar-refractivity contribution in [2.24, 2.45) is 0 Å². The van der Waals surface area contributed by atoms with Crippen molar-refractivity contribution in [3.8, 4) is 0 Å². The second kappa shape index (κ2) is 6.59. The van der Waals surface area contributed by atoms with Crippen molar-refractivity contribution in [1.29, 1.82) is 0 Å². The van der Waals surface area contributed by atoms with Crippen molar-refractivity contribution < 1.29 is 19.6 Å². The number of amides is 1. The summed E-state index contributed by atoms with van der Waals surface area (Å²) in [4.78, 5) is 45.3. The fraction of sp³-hybridized carbons (Fsp3) is 0.500. The summed E-state index contributed by atoms with van der Waals surface area (Å²) in [5, 5.41) is 22.6. The molecule has 1 fully saturated rings. The maximum Gasteiger partial charge on any atom is 0.329 e. The molecular formula is C14H17N3O6. The van der Waals surface area contributed by atoms with Crippen LogP contribution < -0.4 is 10.9 Å². The molecule has 0 radical (unpaired) electrons. The molecule has 1 saturated carbocycles. The maximum absolute atomic E-state index is 12.1. The molecule has 1 aliphatic rings. The van der Waals surface area contributed by atoms with E-state index >= 15 is 0 Å². The Morgan fingerprint density at radius 1 is 1.30 bits per heavy atom. The Bertz CT molecular complexity index is 690. The number of carboxylic acid groups (broad SMARTS) is 1. The number of nitrogens with one attached hydrogen (secondary N) is 1. The van der Waals surface area contributed by atoms with Crippen LogP contribution in [0.15, 0.2) is 23.1 Å². The number of carbonyl (C=O) groups is 2. The second-order valence-corrected chi connectivity index (χ2v) is 5.61. The largest absolute Gasteiger partial charge is 0.480 e. The van der Waals surface area contributed by atoms with E-state index in [1.54, 1.807) is 0 Å². The van der Waals surface area contributed by atoms with E-state index in [-0.39, 0.29) is 5.69 Å². The number of nitrogens with zero attached hydrogens (tertiary/aromatic N) is 2. The van der Waals surface area contributed by atoms with Crippen LogP contribution in [0.4, 0.5) is 5.69 Å². The van der Waals surface area contributed by atoms with Gasteiger partial charge in [-0.05, 0) is 12.8 Å². The molecule has 2 rings (SSSR count). The Morgan fingerprint density at radius 3 is 2.52 bits per heavy atom. The highest BCUT2D eigenvalue weighted by atomic mass is 16.6. The molecule has 1 aromatic rings. The Balaban J connectivity index is 2.15. The van der Waals surface area contributed by atoms with Gasteiger partial charge in [-0.3, -0.25) is 24.3 Å². The molecule has 0 bridgehead atoms. The van der Waals surface area contributed by atoms with Gasteiger partial charge in [0.1, 0.15) is 12.1 Å². The summed E-state index contributed by atoms with van der Waals surface area (Å²) in [6.45, 7) is -0.463. The summed E-state index contributed by atoms with van der Waals surface area (Å²) in [5.74, 6) is -1.76. The van der Waals surface area contributed by atoms with E-state index in [0.29, 0.717) is 25.7 Å². The number of nitro groups is 1. The van der Waals surface area contributed by atoms with Crippen LogP contribution in [0.2, 0.25) is 0 Å². The summed E-state index contributed by atoms with van der Waals surface area (Å²) in [5.41, 5.74) is -2.21. The molecule has 124 valence electrons. The number of aromatic nitrogens is 1. The van der Waals surface area contributed by atoms with Crippen molar-refractivity contribution in [3.63, 3.8) is 0 Å². The van der Waals surface area contributed by atoms with E-state index in [1.807, 2.05) is 0 Å². The van der Waals surface area contributed by atoms with Gasteiger partial charge in [-0.1, -0.05) is 19.3 Å². The Hall–Kier alpha value is -2.71. The van der Waals surface area contributed by atoms with Gasteiger partial charge in [0, 0.05) is 12.1 Å². The van der Waals surface area contributed by atoms with Crippen LogP contribution in [0, 0.1) is 10.1 Å². The first-order chi connectivity index (χ1) is 10.8. The number of carboxylic acids is 1. The van der Waals surface area contributed by atoms with Crippen LogP contribution >= 0.6 is 0 Å². The zero-order chi connectivity index (χ0) is 17.0. The molecule has 0 aliphatic heterocycles. The minimum absolute atomic E-state index is 0.317. The number of aliphatic carboxylic acids is 1. The molecular weight excluding hydrogens is 306 g/mol. The van der Waals surface area contributed by atoms with Gasteiger partial charge in [0.15, 0.2) is 0 Å². The average Bonchev–Trinajstić information content (AvgIpc) is 2.50. The smallest absolute Gasteiger partial charge is 0.329 e. The quantitative estimate of drug-likeness (QED) is 0.604. The molecule has 0 spiro atoms. The van der Waals surface area contributed by atoms with Gasteiger partial charge in [-0.25, -0.2) is 4.79 Å². The molecule has 1 aliphatic carbocycles. The highest BCUT2D eigenvalue weighted by Crippen LogP contribution is 2.28. The van der Waals surface area contributed by atoms with Crippen LogP contribution in [0.25, 0.3) is 0 Å². The van der Waals surface area contributed by atoms with Crippen LogP contribution in [-0.4, -0.2) is 32.0 Å². The lowest BCUT2D eigenvalue weighted by molar-refractivity contribution is -0.385. The zero-order valence-corrected chi connectivity index (χ0v) is 12.4. The lowest BCUT2D eigenvalue weighted by Gasteiger charge is -2.34. The van der Waals surface area contributed by atoms with Crippen molar-refractivity contribution in [2.45, 2.75) is 44.2 Å². The first-order valence-electron chi connectivity index (χ1n) is 7.23. The molecule has 1 heterocycles. The Kier molecular flexibility index (Phi) is 4.77. The van der Waals surface area contributed by atoms with Crippen LogP contribution in [-0.2, 0) is 16.1 Å². The molecule has 0 saturated heterocycles. The molecule has 23 heavy (non-hydrogen) atoms. The molecule has 0 aromatic carbocycles. The number of hydrogen-bond donors (Lipinski definition) is 2. The molecule has 0 unspecified atom stereocenters. The highest BCUT2D eigenvalue weighted by Gasteiger charge is 2.40. The number of carbonyl (C=O) groups excluding carboxylic acids is 1. The minimum Gasteiger partial charge on any atom is -0.480 e. The van der Waals surface area contributed by atoms with E-state index < -0.39 is 34.4 Å². The van der Waals surface area contributed by atoms with E-state index in [4.69, 9.17) is 0 Å². The first kappa shape index (κ1) is 16.7. The lowest BCUT2D eigenvalue weighted by atomic mass is 9.81. The number of rotatable bonds is 5. The fourth-order valence-electron chi connectivity index (χ4n) is 2.76. The predicted octanol–water partition coefficient (Wildman–Crippen LogP) is 0.660. The van der Waals surface area contributed by atoms with Gasteiger partial charge in [0.25, 0.3) is 11.2 Å². The van der Waals surface area contributed by atoms with Gasteiger partial charge >= 0.3 is 5.97 Å². The van der Waals surface area contributed by atoms with E-state index in [9.17, 15) is 29.6 Å². The van der Waals surface area contributed by atoms with Crippen molar-refractivity contribution in [1.82, 2.24) is 9.88 Å². The van der Waals surface area contributed by atoms with Gasteiger partial charge in [-0.15, -0.1) is 0 Å². The Labute approximate surface area is 131 Å². The lowest BCUT2D eigenvalue weighted by Crippen LogP contribution is -2.56. The summed E-state index contributed by atoms with van der Waals surface area (Å²) in [6.07, 6.45) is 3.94. The third kappa shape index (κ3) is 3.74. The molecule has 2 N–H and O–H groups in total. The monoisotopic (exact) mass is 323 g/mol. The predicted molar refractivity (Wildman–Crippen MR) is 79.0 cm³/mol. The number of hydrogen-bond acceptors (Lipinski definition) is 5. The summed E-state index contributed by atoms with van der Waals surface area (Å²) < 4.78 is 0.895. The summed E-state index contributed by atoms with van der Waals surface area (Å²) in [6, 6.07) is 2.05. The van der Waals surface area contributed by atoms with E-state index in [0.717, 1.165) is 29.3 Å². The molecule has 9 nitrogen and oxygen atoms in total. The SMILES string of the molecule is O=C(Cn1cc([N+](=O)[O-])ccc1=O)NC1(C(=O)O)CCCCC1. The minimum atomic E-state index is -1.32. The molecule has 9 heteroatoms. The van der Waals surface area contributed by atoms with Gasteiger partial charge < -0.3 is 10.4 Å². The van der Waals surface area contributed by atoms with Crippen molar-refractivity contribution >= 4 is 17.6 Å². The summed E-state index contributed by atoms with van der Waals surface area (Å²) >= 11 is 0. The topological polar surface area (TPSA) is 132 Å². The van der Waals surface area contributed by atoms with E-state index in [2.05, 4.69) is 5.32 Å². The average molecular weight is 323 g/mol. The number of pyridine rings is 1. The van der Waals surface area contributed by atoms with Crippen LogP contribution in [0.1, 0.15) is 32.1 Å². The van der Waals surface area contributed by atoms with Crippen LogP contribution in [0.3, 0.4) is 0 Å². The second-order valence-electron chi connectivity index (χ2n) is 5.61. The van der Waals surface area contributed by atoms with Crippen LogP contribution in [0.5, 0.6) is 0 Å². The standard InChI is InChI=1S/C14H17N3O6/c18-11(15-14(13(20)21)6-2-1-3-7-14)9-16-8-10(17(22)23)4-5-12(16)19/h4-5,8H,1-3,6-7,9H2,(H,15,18)(H,20,21). The molecule has 0 atom stereocenters. The summed E-state index contributed by atoms with van der Waals surface area (Å²) in [7, 11) is 0. The van der Waals surface area contributed by atoms with Crippen molar-refractivity contribution in [3.05, 3.63) is 38.8 Å². The molecule has 1 aromatic heterocycles. The third-order valence-electron chi connectivity index (χ3n) is 3.99. The van der Waals surface area contributed by atoms with E-state index in [1.165, 1.54) is 0 Å². The maximum atomic E-state index is 12.1. The normalized spacial score (nSPS) is 16.5. The molecule has 1 amide bonds. The highest BCUT2D eigenvalue weighted by molar-refractivity contribution is 5.87. The third-order valence-corrected chi connectivity index (χ3v) is 3.99.